The van der Waals surface area contributed by atoms with Crippen LogP contribution in [0.1, 0.15) is 26.3 Å². The summed E-state index contributed by atoms with van der Waals surface area (Å²) in [5, 5.41) is -0.148. The van der Waals surface area contributed by atoms with Gasteiger partial charge in [-0.15, -0.1) is 0 Å². The molecule has 0 aliphatic heterocycles. The van der Waals surface area contributed by atoms with Crippen LogP contribution in [0.25, 0.3) is 11.1 Å². The Bertz CT molecular complexity index is 752. The first-order valence-corrected chi connectivity index (χ1v) is 6.64. The predicted molar refractivity (Wildman–Crippen MR) is 76.7 cm³/mol. The van der Waals surface area contributed by atoms with Gasteiger partial charge in [-0.25, -0.2) is 9.18 Å². The molecular weight excluding hydrogens is 283 g/mol. The van der Waals surface area contributed by atoms with Crippen LogP contribution in [0.2, 0.25) is 5.15 Å². The van der Waals surface area contributed by atoms with Crippen molar-refractivity contribution in [1.29, 1.82) is 0 Å². The van der Waals surface area contributed by atoms with Gasteiger partial charge in [0.15, 0.2) is 0 Å². The van der Waals surface area contributed by atoms with E-state index in [-0.39, 0.29) is 22.3 Å². The average Bonchev–Trinajstić information content (AvgIpc) is 2.40. The third-order valence-electron chi connectivity index (χ3n) is 3.26. The molecule has 4 nitrogen and oxygen atoms in total. The summed E-state index contributed by atoms with van der Waals surface area (Å²) in [4.78, 5) is 26.7. The Morgan fingerprint density at radius 2 is 2.00 bits per heavy atom. The Hall–Kier alpha value is -1.88. The molecule has 20 heavy (non-hydrogen) atoms. The highest BCUT2D eigenvalue weighted by atomic mass is 35.5. The molecule has 106 valence electrons. The molecule has 1 atom stereocenters. The highest BCUT2D eigenvalue weighted by molar-refractivity contribution is 6.32. The summed E-state index contributed by atoms with van der Waals surface area (Å²) in [7, 11) is 0. The zero-order chi connectivity index (χ0) is 14.9. The van der Waals surface area contributed by atoms with Gasteiger partial charge in [-0.2, -0.15) is 0 Å². The number of hydrogen-bond donors (Lipinski definition) is 1. The second-order valence-electron chi connectivity index (χ2n) is 4.53. The molecule has 6 heteroatoms. The fourth-order valence-electron chi connectivity index (χ4n) is 2.00. The highest BCUT2D eigenvalue weighted by Gasteiger charge is 2.19. The van der Waals surface area contributed by atoms with Crippen LogP contribution in [0, 0.1) is 5.82 Å². The second-order valence-corrected chi connectivity index (χ2v) is 4.91. The lowest BCUT2D eigenvalue weighted by atomic mass is 10.1. The van der Waals surface area contributed by atoms with E-state index in [9.17, 15) is 14.0 Å². The minimum atomic E-state index is -0.588. The summed E-state index contributed by atoms with van der Waals surface area (Å²) in [5.41, 5.74) is -1.12. The van der Waals surface area contributed by atoms with Crippen molar-refractivity contribution in [3.8, 4) is 11.1 Å². The molecule has 2 aromatic rings. The van der Waals surface area contributed by atoms with Crippen LogP contribution in [-0.2, 0) is 0 Å². The Morgan fingerprint density at radius 3 is 2.60 bits per heavy atom. The Morgan fingerprint density at radius 1 is 1.35 bits per heavy atom. The van der Waals surface area contributed by atoms with E-state index in [4.69, 9.17) is 11.6 Å². The number of nitrogens with one attached hydrogen (secondary N) is 1. The van der Waals surface area contributed by atoms with Crippen LogP contribution in [-0.4, -0.2) is 9.55 Å². The topological polar surface area (TPSA) is 54.9 Å². The van der Waals surface area contributed by atoms with Gasteiger partial charge in [-0.1, -0.05) is 36.7 Å². The van der Waals surface area contributed by atoms with E-state index in [1.54, 1.807) is 13.0 Å². The van der Waals surface area contributed by atoms with E-state index in [1.165, 1.54) is 18.2 Å². The molecule has 0 aliphatic carbocycles. The zero-order valence-electron chi connectivity index (χ0n) is 11.1. The standard InChI is InChI=1S/C14H14ClFN2O2/c1-3-8(2)18-13(19)11(12(15)17-14(18)20)9-6-4-5-7-10(9)16/h4-8H,3H2,1-2H3,(H,17,20). The summed E-state index contributed by atoms with van der Waals surface area (Å²) < 4.78 is 14.9. The molecule has 0 spiro atoms. The van der Waals surface area contributed by atoms with Gasteiger partial charge in [0.2, 0.25) is 0 Å². The third kappa shape index (κ3) is 2.41. The molecule has 1 N–H and O–H groups in total. The van der Waals surface area contributed by atoms with Gasteiger partial charge in [0, 0.05) is 11.6 Å². The number of rotatable bonds is 3. The van der Waals surface area contributed by atoms with Crippen molar-refractivity contribution in [2.45, 2.75) is 26.3 Å². The first-order valence-electron chi connectivity index (χ1n) is 6.26. The summed E-state index contributed by atoms with van der Waals surface area (Å²) in [6.45, 7) is 3.60. The number of aromatic nitrogens is 2. The molecule has 1 aromatic carbocycles. The maximum atomic E-state index is 13.9. The van der Waals surface area contributed by atoms with E-state index in [1.807, 2.05) is 6.92 Å². The van der Waals surface area contributed by atoms with E-state index in [0.717, 1.165) is 4.57 Å². The first-order chi connectivity index (χ1) is 9.47. The van der Waals surface area contributed by atoms with Crippen LogP contribution in [0.5, 0.6) is 0 Å². The van der Waals surface area contributed by atoms with Gasteiger partial charge >= 0.3 is 5.69 Å². The van der Waals surface area contributed by atoms with Crippen LogP contribution in [0.3, 0.4) is 0 Å². The fraction of sp³-hybridized carbons (Fsp3) is 0.286. The maximum absolute atomic E-state index is 13.9. The Kier molecular flexibility index (Phi) is 4.09. The molecule has 1 unspecified atom stereocenters. The number of nitrogens with zero attached hydrogens (tertiary/aromatic N) is 1. The van der Waals surface area contributed by atoms with Gasteiger partial charge in [-0.05, 0) is 19.4 Å². The van der Waals surface area contributed by atoms with Gasteiger partial charge in [0.25, 0.3) is 5.56 Å². The van der Waals surface area contributed by atoms with E-state index in [0.29, 0.717) is 6.42 Å². The van der Waals surface area contributed by atoms with Crippen molar-refractivity contribution < 1.29 is 4.39 Å². The lowest BCUT2D eigenvalue weighted by Crippen LogP contribution is -2.38. The van der Waals surface area contributed by atoms with Crippen LogP contribution in [0.4, 0.5) is 4.39 Å². The van der Waals surface area contributed by atoms with Crippen LogP contribution >= 0.6 is 11.6 Å². The number of benzene rings is 1. The van der Waals surface area contributed by atoms with E-state index >= 15 is 0 Å². The predicted octanol–water partition coefficient (Wildman–Crippen LogP) is 2.97. The lowest BCUT2D eigenvalue weighted by molar-refractivity contribution is 0.490. The van der Waals surface area contributed by atoms with Gasteiger partial charge in [-0.3, -0.25) is 14.3 Å². The van der Waals surface area contributed by atoms with Crippen molar-refractivity contribution in [3.05, 3.63) is 56.1 Å². The molecular formula is C14H14ClFN2O2. The maximum Gasteiger partial charge on any atom is 0.329 e. The summed E-state index contributed by atoms with van der Waals surface area (Å²) in [6.07, 6.45) is 0.599. The van der Waals surface area contributed by atoms with Crippen molar-refractivity contribution in [2.24, 2.45) is 0 Å². The molecule has 0 bridgehead atoms. The molecule has 1 aromatic heterocycles. The molecule has 2 rings (SSSR count). The number of hydrogen-bond acceptors (Lipinski definition) is 2. The molecule has 1 heterocycles. The minimum absolute atomic E-state index is 0.0235. The average molecular weight is 297 g/mol. The molecule has 0 fully saturated rings. The number of aromatic amines is 1. The summed E-state index contributed by atoms with van der Waals surface area (Å²) >= 11 is 5.93. The van der Waals surface area contributed by atoms with Crippen molar-refractivity contribution in [2.75, 3.05) is 0 Å². The van der Waals surface area contributed by atoms with Crippen molar-refractivity contribution in [1.82, 2.24) is 9.55 Å². The molecule has 0 radical (unpaired) electrons. The van der Waals surface area contributed by atoms with Gasteiger partial charge in [0.05, 0.1) is 5.56 Å². The monoisotopic (exact) mass is 296 g/mol. The van der Waals surface area contributed by atoms with Crippen molar-refractivity contribution in [3.63, 3.8) is 0 Å². The second kappa shape index (κ2) is 5.63. The fourth-order valence-corrected chi connectivity index (χ4v) is 2.27. The Balaban J connectivity index is 2.82. The number of H-pyrrole nitrogens is 1. The Labute approximate surface area is 119 Å². The first kappa shape index (κ1) is 14.5. The highest BCUT2D eigenvalue weighted by Crippen LogP contribution is 2.24. The van der Waals surface area contributed by atoms with Gasteiger partial charge in [0.1, 0.15) is 11.0 Å². The van der Waals surface area contributed by atoms with Crippen LogP contribution < -0.4 is 11.2 Å². The normalized spacial score (nSPS) is 12.4. The largest absolute Gasteiger partial charge is 0.329 e. The number of halogens is 2. The molecule has 0 saturated heterocycles. The third-order valence-corrected chi connectivity index (χ3v) is 3.55. The molecule has 0 aliphatic rings. The summed E-state index contributed by atoms with van der Waals surface area (Å²) in [5.74, 6) is -0.561. The molecule has 0 saturated carbocycles. The van der Waals surface area contributed by atoms with E-state index < -0.39 is 17.1 Å². The van der Waals surface area contributed by atoms with Crippen LogP contribution in [0.15, 0.2) is 33.9 Å². The SMILES string of the molecule is CCC(C)n1c(=O)[nH]c(Cl)c(-c2ccccc2F)c1=O. The quantitative estimate of drug-likeness (QED) is 0.885. The van der Waals surface area contributed by atoms with E-state index in [2.05, 4.69) is 4.98 Å². The molecule has 0 amide bonds. The zero-order valence-corrected chi connectivity index (χ0v) is 11.9. The summed E-state index contributed by atoms with van der Waals surface area (Å²) in [6, 6.07) is 5.52. The van der Waals surface area contributed by atoms with Gasteiger partial charge < -0.3 is 0 Å². The lowest BCUT2D eigenvalue weighted by Gasteiger charge is -2.14. The smallest absolute Gasteiger partial charge is 0.297 e. The van der Waals surface area contributed by atoms with Crippen molar-refractivity contribution >= 4 is 11.6 Å². The minimum Gasteiger partial charge on any atom is -0.297 e.